The average molecular weight is 392 g/mol. The molecule has 27 heavy (non-hydrogen) atoms. The van der Waals surface area contributed by atoms with Crippen LogP contribution >= 0.6 is 12.6 Å². The zero-order chi connectivity index (χ0) is 19.9. The maximum absolute atomic E-state index is 11.1. The summed E-state index contributed by atoms with van der Waals surface area (Å²) in [7, 11) is 0. The normalized spacial score (nSPS) is 30.7. The SMILES string of the molecule is CC#CC12CC(O)C(C=C[C@@H](O)CCCCC)C1CC(CCCC(=O)S)=N2. The zero-order valence-electron chi connectivity index (χ0n) is 16.5. The van der Waals surface area contributed by atoms with Gasteiger partial charge in [0, 0.05) is 30.4 Å². The maximum Gasteiger partial charge on any atom is 0.185 e. The molecule has 0 saturated heterocycles. The van der Waals surface area contributed by atoms with Gasteiger partial charge in [0.2, 0.25) is 0 Å². The fourth-order valence-corrected chi connectivity index (χ4v) is 4.57. The zero-order valence-corrected chi connectivity index (χ0v) is 17.4. The van der Waals surface area contributed by atoms with Crippen LogP contribution in [0.2, 0.25) is 0 Å². The van der Waals surface area contributed by atoms with E-state index in [0.29, 0.717) is 12.8 Å². The Morgan fingerprint density at radius 3 is 2.89 bits per heavy atom. The third-order valence-corrected chi connectivity index (χ3v) is 5.94. The van der Waals surface area contributed by atoms with E-state index in [0.717, 1.165) is 50.7 Å². The summed E-state index contributed by atoms with van der Waals surface area (Å²) < 4.78 is 0. The molecule has 1 aliphatic heterocycles. The highest BCUT2D eigenvalue weighted by molar-refractivity contribution is 7.96. The van der Waals surface area contributed by atoms with Gasteiger partial charge in [-0.3, -0.25) is 9.79 Å². The van der Waals surface area contributed by atoms with Gasteiger partial charge in [-0.15, -0.1) is 18.5 Å². The molecule has 1 fully saturated rings. The second-order valence-corrected chi connectivity index (χ2v) is 8.33. The monoisotopic (exact) mass is 391 g/mol. The molecule has 2 rings (SSSR count). The van der Waals surface area contributed by atoms with E-state index in [9.17, 15) is 15.0 Å². The van der Waals surface area contributed by atoms with Crippen molar-refractivity contribution >= 4 is 23.5 Å². The fraction of sp³-hybridized carbons (Fsp3) is 0.727. The maximum atomic E-state index is 11.1. The van der Waals surface area contributed by atoms with E-state index < -0.39 is 17.7 Å². The molecule has 4 unspecified atom stereocenters. The number of aliphatic imine (C=N–C) groups is 1. The molecule has 0 amide bonds. The van der Waals surface area contributed by atoms with Crippen molar-refractivity contribution in [3.63, 3.8) is 0 Å². The highest BCUT2D eigenvalue weighted by atomic mass is 32.1. The van der Waals surface area contributed by atoms with Gasteiger partial charge in [-0.1, -0.05) is 44.3 Å². The van der Waals surface area contributed by atoms with Gasteiger partial charge in [0.15, 0.2) is 5.12 Å². The van der Waals surface area contributed by atoms with Gasteiger partial charge < -0.3 is 10.2 Å². The van der Waals surface area contributed by atoms with Gasteiger partial charge in [-0.05, 0) is 32.6 Å². The number of unbranched alkanes of at least 4 members (excludes halogenated alkanes) is 2. The number of hydrogen-bond donors (Lipinski definition) is 3. The van der Waals surface area contributed by atoms with Gasteiger partial charge in [-0.25, -0.2) is 0 Å². The Morgan fingerprint density at radius 1 is 1.44 bits per heavy atom. The highest BCUT2D eigenvalue weighted by Crippen LogP contribution is 2.50. The number of fused-ring (bicyclic) bond motifs is 1. The molecule has 0 spiro atoms. The Labute approximate surface area is 169 Å². The summed E-state index contributed by atoms with van der Waals surface area (Å²) in [6.07, 6.45) is 10.2. The molecular weight excluding hydrogens is 358 g/mol. The van der Waals surface area contributed by atoms with Gasteiger partial charge in [0.1, 0.15) is 5.54 Å². The lowest BCUT2D eigenvalue weighted by Gasteiger charge is -2.22. The van der Waals surface area contributed by atoms with Crippen LogP contribution in [0.5, 0.6) is 0 Å². The highest BCUT2D eigenvalue weighted by Gasteiger charge is 2.54. The van der Waals surface area contributed by atoms with Crippen LogP contribution in [0.4, 0.5) is 0 Å². The van der Waals surface area contributed by atoms with Crippen molar-refractivity contribution in [2.75, 3.05) is 0 Å². The second kappa shape index (κ2) is 10.5. The van der Waals surface area contributed by atoms with Crippen molar-refractivity contribution in [2.24, 2.45) is 16.8 Å². The summed E-state index contributed by atoms with van der Waals surface area (Å²) in [5.41, 5.74) is 0.572. The van der Waals surface area contributed by atoms with Crippen molar-refractivity contribution in [2.45, 2.75) is 89.4 Å². The number of aliphatic hydroxyl groups excluding tert-OH is 2. The van der Waals surface area contributed by atoms with Gasteiger partial charge in [0.05, 0.1) is 12.2 Å². The molecule has 0 aromatic carbocycles. The van der Waals surface area contributed by atoms with Crippen LogP contribution in [0.1, 0.15) is 71.6 Å². The number of aliphatic hydroxyl groups is 2. The number of hydrogen-bond acceptors (Lipinski definition) is 4. The average Bonchev–Trinajstić information content (AvgIpc) is 3.04. The van der Waals surface area contributed by atoms with Crippen molar-refractivity contribution in [1.29, 1.82) is 0 Å². The number of rotatable bonds is 10. The molecule has 5 heteroatoms. The minimum Gasteiger partial charge on any atom is -0.392 e. The van der Waals surface area contributed by atoms with Crippen LogP contribution in [-0.4, -0.2) is 38.8 Å². The lowest BCUT2D eigenvalue weighted by molar-refractivity contribution is -0.110. The lowest BCUT2D eigenvalue weighted by atomic mass is 9.82. The second-order valence-electron chi connectivity index (χ2n) is 7.83. The lowest BCUT2D eigenvalue weighted by Crippen LogP contribution is -2.27. The van der Waals surface area contributed by atoms with Crippen molar-refractivity contribution in [1.82, 2.24) is 0 Å². The van der Waals surface area contributed by atoms with E-state index in [4.69, 9.17) is 4.99 Å². The first-order chi connectivity index (χ1) is 12.9. The van der Waals surface area contributed by atoms with Crippen LogP contribution in [0.15, 0.2) is 17.1 Å². The molecule has 1 heterocycles. The number of carbonyl (C=O) groups is 1. The Morgan fingerprint density at radius 2 is 2.22 bits per heavy atom. The first-order valence-electron chi connectivity index (χ1n) is 10.2. The molecule has 0 radical (unpaired) electrons. The summed E-state index contributed by atoms with van der Waals surface area (Å²) in [5, 5.41) is 20.7. The van der Waals surface area contributed by atoms with E-state index in [1.807, 2.05) is 19.1 Å². The van der Waals surface area contributed by atoms with Crippen LogP contribution in [0, 0.1) is 23.7 Å². The number of nitrogens with zero attached hydrogens (tertiary/aromatic N) is 1. The van der Waals surface area contributed by atoms with E-state index in [1.54, 1.807) is 0 Å². The molecule has 4 nitrogen and oxygen atoms in total. The molecule has 1 aliphatic carbocycles. The Bertz CT molecular complexity index is 633. The minimum atomic E-state index is -0.517. The van der Waals surface area contributed by atoms with Crippen molar-refractivity contribution in [3.8, 4) is 11.8 Å². The Balaban J connectivity index is 2.05. The van der Waals surface area contributed by atoms with Crippen LogP contribution < -0.4 is 0 Å². The van der Waals surface area contributed by atoms with E-state index in [2.05, 4.69) is 31.4 Å². The summed E-state index contributed by atoms with van der Waals surface area (Å²) in [6, 6.07) is 0. The van der Waals surface area contributed by atoms with Crippen molar-refractivity contribution < 1.29 is 15.0 Å². The predicted molar refractivity (Wildman–Crippen MR) is 113 cm³/mol. The number of thiol groups is 1. The van der Waals surface area contributed by atoms with Crippen LogP contribution in [0.3, 0.4) is 0 Å². The quantitative estimate of drug-likeness (QED) is 0.230. The first kappa shape index (κ1) is 22.2. The molecule has 0 bridgehead atoms. The third-order valence-electron chi connectivity index (χ3n) is 5.71. The van der Waals surface area contributed by atoms with Gasteiger partial charge in [-0.2, -0.15) is 0 Å². The number of carbonyl (C=O) groups excluding carboxylic acids is 1. The molecule has 0 aromatic heterocycles. The fourth-order valence-electron chi connectivity index (χ4n) is 4.42. The van der Waals surface area contributed by atoms with E-state index >= 15 is 0 Å². The Kier molecular flexibility index (Phi) is 8.60. The van der Waals surface area contributed by atoms with Crippen LogP contribution in [-0.2, 0) is 4.79 Å². The van der Waals surface area contributed by atoms with Gasteiger partial charge >= 0.3 is 0 Å². The molecule has 5 atom stereocenters. The molecule has 2 aliphatic rings. The molecule has 2 N–H and O–H groups in total. The summed E-state index contributed by atoms with van der Waals surface area (Å²) in [5.74, 6) is 6.36. The third kappa shape index (κ3) is 5.94. The summed E-state index contributed by atoms with van der Waals surface area (Å²) in [4.78, 5) is 16.0. The standard InChI is InChI=1S/C22H33NO3S/c1-3-5-6-9-17(24)11-12-18-19-14-16(8-7-10-21(26)27)23-22(19,13-4-2)15-20(18)25/h11-12,17-20,24-25H,3,5-10,14-15H2,1-2H3,(H,26,27)/t17-,18?,19?,20?,22?/m0/s1. The predicted octanol–water partition coefficient (Wildman–Crippen LogP) is 3.71. The topological polar surface area (TPSA) is 69.9 Å². The molecule has 1 saturated carbocycles. The summed E-state index contributed by atoms with van der Waals surface area (Å²) >= 11 is 3.83. The van der Waals surface area contributed by atoms with E-state index in [1.165, 1.54) is 0 Å². The minimum absolute atomic E-state index is 0.0422. The van der Waals surface area contributed by atoms with E-state index in [-0.39, 0.29) is 17.0 Å². The summed E-state index contributed by atoms with van der Waals surface area (Å²) in [6.45, 7) is 3.96. The first-order valence-corrected chi connectivity index (χ1v) is 10.6. The Hall–Kier alpha value is -1.09. The van der Waals surface area contributed by atoms with Gasteiger partial charge in [0.25, 0.3) is 0 Å². The smallest absolute Gasteiger partial charge is 0.185 e. The largest absolute Gasteiger partial charge is 0.392 e. The molecular formula is C22H33NO3S. The van der Waals surface area contributed by atoms with Crippen molar-refractivity contribution in [3.05, 3.63) is 12.2 Å². The molecule has 0 aromatic rings. The molecule has 150 valence electrons. The van der Waals surface area contributed by atoms with Crippen LogP contribution in [0.25, 0.3) is 0 Å².